The van der Waals surface area contributed by atoms with Crippen molar-refractivity contribution >= 4 is 35.2 Å². The summed E-state index contributed by atoms with van der Waals surface area (Å²) < 4.78 is 0. The minimum atomic E-state index is -0.946. The normalized spacial score (nSPS) is 18.1. The van der Waals surface area contributed by atoms with Crippen LogP contribution in [-0.2, 0) is 16.0 Å². The van der Waals surface area contributed by atoms with Gasteiger partial charge in [-0.05, 0) is 103 Å². The number of amides is 2. The number of anilines is 1. The molecule has 218 valence electrons. The average Bonchev–Trinajstić information content (AvgIpc) is 2.92. The number of carboxylic acid groups (broad SMARTS) is 1. The van der Waals surface area contributed by atoms with Crippen molar-refractivity contribution in [2.45, 2.75) is 84.0 Å². The van der Waals surface area contributed by atoms with Gasteiger partial charge in [0.15, 0.2) is 0 Å². The Bertz CT molecular complexity index is 1100. The number of benzene rings is 2. The molecule has 7 heteroatoms. The van der Waals surface area contributed by atoms with E-state index in [2.05, 4.69) is 50.5 Å². The van der Waals surface area contributed by atoms with Crippen molar-refractivity contribution in [2.75, 3.05) is 17.6 Å². The fraction of sp³-hybridized carbons (Fsp3) is 0.545. The van der Waals surface area contributed by atoms with Crippen LogP contribution in [0, 0.1) is 23.2 Å². The van der Waals surface area contributed by atoms with E-state index in [4.69, 9.17) is 5.11 Å². The second-order valence-electron chi connectivity index (χ2n) is 12.1. The number of carbonyl (C=O) groups excluding carboxylic acids is 2. The lowest BCUT2D eigenvalue weighted by molar-refractivity contribution is -0.136. The largest absolute Gasteiger partial charge is 0.481 e. The average molecular weight is 567 g/mol. The Labute approximate surface area is 244 Å². The van der Waals surface area contributed by atoms with Crippen molar-refractivity contribution < 1.29 is 19.5 Å². The lowest BCUT2D eigenvalue weighted by Gasteiger charge is -2.39. The number of hydrogen-bond donors (Lipinski definition) is 3. The Kier molecular flexibility index (Phi) is 12.1. The molecule has 1 aliphatic rings. The summed E-state index contributed by atoms with van der Waals surface area (Å²) in [7, 11) is 0. The number of thioether (sulfide) groups is 1. The molecule has 0 saturated heterocycles. The summed E-state index contributed by atoms with van der Waals surface area (Å²) >= 11 is 1.85. The van der Waals surface area contributed by atoms with Gasteiger partial charge >= 0.3 is 5.97 Å². The van der Waals surface area contributed by atoms with Crippen LogP contribution >= 0.6 is 11.8 Å². The topological polar surface area (TPSA) is 95.5 Å². The zero-order valence-corrected chi connectivity index (χ0v) is 25.3. The monoisotopic (exact) mass is 566 g/mol. The highest BCUT2D eigenvalue weighted by Gasteiger charge is 2.35. The molecule has 2 aromatic carbocycles. The SMILES string of the molecule is CCCCSc1ccc(NC(=O)C(Cc2ccc(C(=O)NCCC(=O)O)cc2)C2CCC(C(C)(C)C)CC2)cc1. The van der Waals surface area contributed by atoms with Crippen LogP contribution in [0.5, 0.6) is 0 Å². The van der Waals surface area contributed by atoms with Gasteiger partial charge in [-0.25, -0.2) is 0 Å². The van der Waals surface area contributed by atoms with E-state index < -0.39 is 5.97 Å². The number of hydrogen-bond acceptors (Lipinski definition) is 4. The number of rotatable bonds is 13. The number of unbranched alkanes of at least 4 members (excludes halogenated alkanes) is 1. The van der Waals surface area contributed by atoms with Crippen LogP contribution in [0.15, 0.2) is 53.4 Å². The van der Waals surface area contributed by atoms with Crippen LogP contribution in [0.2, 0.25) is 0 Å². The van der Waals surface area contributed by atoms with Gasteiger partial charge in [0, 0.05) is 28.6 Å². The summed E-state index contributed by atoms with van der Waals surface area (Å²) in [5.74, 6) is 0.739. The Hall–Kier alpha value is -2.80. The van der Waals surface area contributed by atoms with Gasteiger partial charge < -0.3 is 15.7 Å². The quantitative estimate of drug-likeness (QED) is 0.173. The van der Waals surface area contributed by atoms with E-state index in [1.54, 1.807) is 12.1 Å². The summed E-state index contributed by atoms with van der Waals surface area (Å²) in [5.41, 5.74) is 2.60. The van der Waals surface area contributed by atoms with E-state index in [1.807, 2.05) is 36.0 Å². The van der Waals surface area contributed by atoms with Crippen LogP contribution in [0.3, 0.4) is 0 Å². The lowest BCUT2D eigenvalue weighted by atomic mass is 9.66. The number of aliphatic carboxylic acids is 1. The van der Waals surface area contributed by atoms with Crippen molar-refractivity contribution in [3.05, 3.63) is 59.7 Å². The fourth-order valence-corrected chi connectivity index (χ4v) is 6.49. The Balaban J connectivity index is 1.69. The van der Waals surface area contributed by atoms with Gasteiger partial charge in [-0.3, -0.25) is 14.4 Å². The van der Waals surface area contributed by atoms with Crippen molar-refractivity contribution in [1.82, 2.24) is 5.32 Å². The van der Waals surface area contributed by atoms with E-state index in [9.17, 15) is 14.4 Å². The summed E-state index contributed by atoms with van der Waals surface area (Å²) in [5, 5.41) is 14.6. The molecule has 1 saturated carbocycles. The third-order valence-corrected chi connectivity index (χ3v) is 9.19. The molecule has 0 bridgehead atoms. The third-order valence-electron chi connectivity index (χ3n) is 8.09. The Morgan fingerprint density at radius 1 is 0.975 bits per heavy atom. The first-order chi connectivity index (χ1) is 19.1. The molecule has 0 spiro atoms. The van der Waals surface area contributed by atoms with Gasteiger partial charge in [0.1, 0.15) is 0 Å². The highest BCUT2D eigenvalue weighted by atomic mass is 32.2. The molecule has 3 N–H and O–H groups in total. The molecule has 0 heterocycles. The first-order valence-corrected chi connectivity index (χ1v) is 15.7. The molecule has 40 heavy (non-hydrogen) atoms. The molecular weight excluding hydrogens is 520 g/mol. The minimum Gasteiger partial charge on any atom is -0.481 e. The first-order valence-electron chi connectivity index (χ1n) is 14.7. The zero-order chi connectivity index (χ0) is 29.1. The summed E-state index contributed by atoms with van der Waals surface area (Å²) in [4.78, 5) is 38.0. The first kappa shape index (κ1) is 31.7. The molecule has 1 fully saturated rings. The molecule has 0 aliphatic heterocycles. The van der Waals surface area contributed by atoms with Gasteiger partial charge in [0.2, 0.25) is 5.91 Å². The van der Waals surface area contributed by atoms with E-state index in [1.165, 1.54) is 17.7 Å². The summed E-state index contributed by atoms with van der Waals surface area (Å²) in [6.45, 7) is 9.22. The smallest absolute Gasteiger partial charge is 0.305 e. The molecule has 0 radical (unpaired) electrons. The van der Waals surface area contributed by atoms with E-state index in [0.717, 1.165) is 42.7 Å². The lowest BCUT2D eigenvalue weighted by Crippen LogP contribution is -2.35. The third kappa shape index (κ3) is 9.99. The van der Waals surface area contributed by atoms with Gasteiger partial charge in [0.25, 0.3) is 5.91 Å². The van der Waals surface area contributed by atoms with Crippen LogP contribution in [0.25, 0.3) is 0 Å². The molecule has 1 atom stereocenters. The van der Waals surface area contributed by atoms with E-state index in [-0.39, 0.29) is 36.1 Å². The molecule has 1 aliphatic carbocycles. The molecule has 3 rings (SSSR count). The van der Waals surface area contributed by atoms with Gasteiger partial charge in [-0.15, -0.1) is 11.8 Å². The maximum Gasteiger partial charge on any atom is 0.305 e. The molecule has 2 amide bonds. The highest BCUT2D eigenvalue weighted by Crippen LogP contribution is 2.42. The molecule has 2 aromatic rings. The van der Waals surface area contributed by atoms with Crippen molar-refractivity contribution in [1.29, 1.82) is 0 Å². The molecular formula is C33H46N2O4S. The molecule has 6 nitrogen and oxygen atoms in total. The Morgan fingerprint density at radius 3 is 2.20 bits per heavy atom. The second kappa shape index (κ2) is 15.3. The van der Waals surface area contributed by atoms with Crippen LogP contribution < -0.4 is 10.6 Å². The van der Waals surface area contributed by atoms with Crippen LogP contribution in [0.4, 0.5) is 5.69 Å². The van der Waals surface area contributed by atoms with Crippen LogP contribution in [0.1, 0.15) is 88.6 Å². The van der Waals surface area contributed by atoms with Gasteiger partial charge in [-0.2, -0.15) is 0 Å². The van der Waals surface area contributed by atoms with E-state index in [0.29, 0.717) is 23.8 Å². The van der Waals surface area contributed by atoms with E-state index >= 15 is 0 Å². The zero-order valence-electron chi connectivity index (χ0n) is 24.5. The van der Waals surface area contributed by atoms with Gasteiger partial charge in [0.05, 0.1) is 6.42 Å². The fourth-order valence-electron chi connectivity index (χ4n) is 5.50. The summed E-state index contributed by atoms with van der Waals surface area (Å²) in [6.07, 6.45) is 7.23. The summed E-state index contributed by atoms with van der Waals surface area (Å²) in [6, 6.07) is 15.5. The predicted octanol–water partition coefficient (Wildman–Crippen LogP) is 7.43. The number of carboxylic acids is 1. The maximum atomic E-state index is 13.7. The highest BCUT2D eigenvalue weighted by molar-refractivity contribution is 7.99. The van der Waals surface area contributed by atoms with Crippen molar-refractivity contribution in [2.24, 2.45) is 23.2 Å². The van der Waals surface area contributed by atoms with Crippen molar-refractivity contribution in [3.8, 4) is 0 Å². The van der Waals surface area contributed by atoms with Crippen LogP contribution in [-0.4, -0.2) is 35.2 Å². The van der Waals surface area contributed by atoms with Crippen molar-refractivity contribution in [3.63, 3.8) is 0 Å². The Morgan fingerprint density at radius 2 is 1.62 bits per heavy atom. The second-order valence-corrected chi connectivity index (χ2v) is 13.3. The maximum absolute atomic E-state index is 13.7. The number of nitrogens with one attached hydrogen (secondary N) is 2. The number of carbonyl (C=O) groups is 3. The predicted molar refractivity (Wildman–Crippen MR) is 164 cm³/mol. The standard InChI is InChI=1S/C33H46N2O4S/c1-5-6-21-40-28-17-15-27(16-18-28)35-32(39)29(24-11-13-26(14-12-24)33(2,3)4)22-23-7-9-25(10-8-23)31(38)34-20-19-30(36)37/h7-10,15-18,24,26,29H,5-6,11-14,19-22H2,1-4H3,(H,34,38)(H,35,39)(H,36,37). The minimum absolute atomic E-state index is 0.0566. The van der Waals surface area contributed by atoms with Gasteiger partial charge in [-0.1, -0.05) is 46.2 Å². The molecule has 0 aromatic heterocycles. The molecule has 1 unspecified atom stereocenters.